The number of aliphatic hydroxyl groups is 2. The monoisotopic (exact) mass is 491 g/mol. The topological polar surface area (TPSA) is 86.4 Å². The van der Waals surface area contributed by atoms with Crippen LogP contribution in [0.25, 0.3) is 22.2 Å². The first-order valence-electron chi connectivity index (χ1n) is 13.8. The molecule has 1 atom stereocenters. The van der Waals surface area contributed by atoms with Crippen LogP contribution in [0, 0.1) is 0 Å². The minimum absolute atomic E-state index is 0.138. The van der Waals surface area contributed by atoms with Crippen molar-refractivity contribution in [2.24, 2.45) is 0 Å². The Morgan fingerprint density at radius 3 is 2.39 bits per heavy atom. The van der Waals surface area contributed by atoms with Gasteiger partial charge >= 0.3 is 0 Å². The molecule has 0 spiro atoms. The van der Waals surface area contributed by atoms with Gasteiger partial charge in [0.15, 0.2) is 0 Å². The fourth-order valence-corrected chi connectivity index (χ4v) is 5.79. The maximum absolute atomic E-state index is 10.1. The lowest BCUT2D eigenvalue weighted by Gasteiger charge is -2.29. The first kappa shape index (κ1) is 25.2. The minimum Gasteiger partial charge on any atom is -0.393 e. The lowest BCUT2D eigenvalue weighted by atomic mass is 9.93. The fraction of sp³-hybridized carbons (Fsp3) is 0.586. The van der Waals surface area contributed by atoms with Gasteiger partial charge in [-0.1, -0.05) is 37.6 Å². The highest BCUT2D eigenvalue weighted by Crippen LogP contribution is 2.37. The molecular formula is C29H41N5O2. The van der Waals surface area contributed by atoms with E-state index >= 15 is 0 Å². The summed E-state index contributed by atoms with van der Waals surface area (Å²) in [6, 6.07) is 9.55. The Kier molecular flexibility index (Phi) is 7.89. The first-order chi connectivity index (χ1) is 17.5. The number of aliphatic hydroxyl groups excluding tert-OH is 2. The molecule has 36 heavy (non-hydrogen) atoms. The SMILES string of the molecule is CCCC(C)Nc1ncc2c(-c3ccc(CN4CCC(O)CC4)cc3)cn(C3CCC(O)CC3)c2n1. The molecule has 1 aromatic carbocycles. The Hall–Kier alpha value is -2.48. The molecule has 3 aromatic rings. The van der Waals surface area contributed by atoms with Gasteiger partial charge in [-0.05, 0) is 63.0 Å². The molecule has 0 bridgehead atoms. The van der Waals surface area contributed by atoms with Crippen molar-refractivity contribution < 1.29 is 10.2 Å². The second-order valence-corrected chi connectivity index (χ2v) is 10.9. The quantitative estimate of drug-likeness (QED) is 0.405. The summed E-state index contributed by atoms with van der Waals surface area (Å²) in [5.41, 5.74) is 4.62. The molecule has 5 rings (SSSR count). The van der Waals surface area contributed by atoms with Gasteiger partial charge < -0.3 is 20.1 Å². The van der Waals surface area contributed by atoms with Crippen molar-refractivity contribution in [3.05, 3.63) is 42.2 Å². The molecule has 194 valence electrons. The van der Waals surface area contributed by atoms with Crippen molar-refractivity contribution in [1.29, 1.82) is 0 Å². The van der Waals surface area contributed by atoms with E-state index in [-0.39, 0.29) is 12.2 Å². The van der Waals surface area contributed by atoms with Crippen LogP contribution >= 0.6 is 0 Å². The van der Waals surface area contributed by atoms with Crippen molar-refractivity contribution in [3.63, 3.8) is 0 Å². The maximum atomic E-state index is 10.1. The number of benzene rings is 1. The standard InChI is InChI=1S/C29H41N5O2/c1-3-4-20(2)31-29-30-17-26-27(19-34(28(26)32-29)23-9-11-24(35)12-10-23)22-7-5-21(6-8-22)18-33-15-13-25(36)14-16-33/h5-8,17,19-20,23-25,35-36H,3-4,9-16,18H2,1-2H3,(H,30,31,32). The van der Waals surface area contributed by atoms with Gasteiger partial charge in [-0.3, -0.25) is 4.90 Å². The van der Waals surface area contributed by atoms with E-state index in [1.807, 2.05) is 6.20 Å². The Bertz CT molecular complexity index is 1130. The van der Waals surface area contributed by atoms with Crippen LogP contribution in [0.5, 0.6) is 0 Å². The van der Waals surface area contributed by atoms with Gasteiger partial charge in [-0.2, -0.15) is 4.98 Å². The zero-order valence-electron chi connectivity index (χ0n) is 21.7. The average molecular weight is 492 g/mol. The van der Waals surface area contributed by atoms with Crippen LogP contribution in [0.15, 0.2) is 36.7 Å². The van der Waals surface area contributed by atoms with Crippen LogP contribution in [0.3, 0.4) is 0 Å². The number of hydrogen-bond acceptors (Lipinski definition) is 6. The minimum atomic E-state index is -0.181. The third-order valence-corrected chi connectivity index (χ3v) is 7.96. The van der Waals surface area contributed by atoms with Gasteiger partial charge in [0, 0.05) is 55.1 Å². The van der Waals surface area contributed by atoms with Crippen molar-refractivity contribution >= 4 is 17.0 Å². The number of hydrogen-bond donors (Lipinski definition) is 3. The highest BCUT2D eigenvalue weighted by molar-refractivity contribution is 5.94. The third kappa shape index (κ3) is 5.74. The van der Waals surface area contributed by atoms with E-state index in [0.29, 0.717) is 18.0 Å². The van der Waals surface area contributed by atoms with Gasteiger partial charge in [-0.25, -0.2) is 4.98 Å². The first-order valence-corrected chi connectivity index (χ1v) is 13.8. The summed E-state index contributed by atoms with van der Waals surface area (Å²) in [7, 11) is 0. The third-order valence-electron chi connectivity index (χ3n) is 7.96. The Morgan fingerprint density at radius 2 is 1.69 bits per heavy atom. The van der Waals surface area contributed by atoms with Crippen LogP contribution < -0.4 is 5.32 Å². The molecule has 1 saturated heterocycles. The van der Waals surface area contributed by atoms with Gasteiger partial charge in [-0.15, -0.1) is 0 Å². The van der Waals surface area contributed by atoms with Gasteiger partial charge in [0.05, 0.1) is 12.2 Å². The maximum Gasteiger partial charge on any atom is 0.224 e. The average Bonchev–Trinajstić information content (AvgIpc) is 3.25. The number of nitrogens with zero attached hydrogens (tertiary/aromatic N) is 4. The predicted molar refractivity (Wildman–Crippen MR) is 145 cm³/mol. The van der Waals surface area contributed by atoms with Crippen molar-refractivity contribution in [2.75, 3.05) is 18.4 Å². The molecule has 0 amide bonds. The number of nitrogens with one attached hydrogen (secondary N) is 1. The second kappa shape index (κ2) is 11.3. The molecule has 2 aromatic heterocycles. The summed E-state index contributed by atoms with van der Waals surface area (Å²) in [5, 5.41) is 24.4. The van der Waals surface area contributed by atoms with E-state index in [2.05, 4.69) is 64.1 Å². The molecule has 3 heterocycles. The number of likely N-dealkylation sites (tertiary alicyclic amines) is 1. The van der Waals surface area contributed by atoms with Crippen molar-refractivity contribution in [1.82, 2.24) is 19.4 Å². The number of anilines is 1. The summed E-state index contributed by atoms with van der Waals surface area (Å²) in [6.45, 7) is 7.21. The Labute approximate surface area is 214 Å². The van der Waals surface area contributed by atoms with Gasteiger partial charge in [0.25, 0.3) is 0 Å². The smallest absolute Gasteiger partial charge is 0.224 e. The Balaban J connectivity index is 1.42. The molecule has 7 nitrogen and oxygen atoms in total. The van der Waals surface area contributed by atoms with Crippen molar-refractivity contribution in [3.8, 4) is 11.1 Å². The predicted octanol–water partition coefficient (Wildman–Crippen LogP) is 5.13. The zero-order valence-corrected chi connectivity index (χ0v) is 21.7. The van der Waals surface area contributed by atoms with E-state index in [0.717, 1.165) is 87.6 Å². The normalized spacial score (nSPS) is 22.7. The summed E-state index contributed by atoms with van der Waals surface area (Å²) in [5.74, 6) is 0.687. The van der Waals surface area contributed by atoms with Crippen molar-refractivity contribution in [2.45, 2.75) is 96.1 Å². The van der Waals surface area contributed by atoms with Crippen LogP contribution in [-0.2, 0) is 6.54 Å². The molecule has 3 N–H and O–H groups in total. The molecule has 7 heteroatoms. The molecular weight excluding hydrogens is 450 g/mol. The fourth-order valence-electron chi connectivity index (χ4n) is 5.79. The largest absolute Gasteiger partial charge is 0.393 e. The van der Waals surface area contributed by atoms with Crippen LogP contribution in [-0.4, -0.2) is 61.0 Å². The molecule has 1 aliphatic heterocycles. The molecule has 2 fully saturated rings. The summed E-state index contributed by atoms with van der Waals surface area (Å²) < 4.78 is 2.33. The lowest BCUT2D eigenvalue weighted by molar-refractivity contribution is 0.0792. The Morgan fingerprint density at radius 1 is 1.00 bits per heavy atom. The van der Waals surface area contributed by atoms with E-state index < -0.39 is 0 Å². The van der Waals surface area contributed by atoms with E-state index in [9.17, 15) is 10.2 Å². The summed E-state index contributed by atoms with van der Waals surface area (Å²) in [6.07, 6.45) is 11.4. The highest BCUT2D eigenvalue weighted by Gasteiger charge is 2.24. The lowest BCUT2D eigenvalue weighted by Crippen LogP contribution is -2.35. The highest BCUT2D eigenvalue weighted by atomic mass is 16.3. The van der Waals surface area contributed by atoms with Crippen LogP contribution in [0.2, 0.25) is 0 Å². The summed E-state index contributed by atoms with van der Waals surface area (Å²) in [4.78, 5) is 12.1. The van der Waals surface area contributed by atoms with E-state index in [1.54, 1.807) is 0 Å². The van der Waals surface area contributed by atoms with Gasteiger partial charge in [0.2, 0.25) is 5.95 Å². The molecule has 0 radical (unpaired) electrons. The van der Waals surface area contributed by atoms with Gasteiger partial charge in [0.1, 0.15) is 5.65 Å². The van der Waals surface area contributed by atoms with Crippen LogP contribution in [0.4, 0.5) is 5.95 Å². The van der Waals surface area contributed by atoms with E-state index in [4.69, 9.17) is 4.98 Å². The number of rotatable bonds is 8. The second-order valence-electron chi connectivity index (χ2n) is 10.9. The van der Waals surface area contributed by atoms with E-state index in [1.165, 1.54) is 11.1 Å². The number of piperidine rings is 1. The summed E-state index contributed by atoms with van der Waals surface area (Å²) >= 11 is 0. The number of aromatic nitrogens is 3. The zero-order chi connectivity index (χ0) is 25.1. The molecule has 1 aliphatic carbocycles. The molecule has 1 saturated carbocycles. The molecule has 1 unspecified atom stereocenters. The van der Waals surface area contributed by atoms with Crippen LogP contribution in [0.1, 0.15) is 76.8 Å². The molecule has 2 aliphatic rings. The number of fused-ring (bicyclic) bond motifs is 1.